The van der Waals surface area contributed by atoms with Crippen molar-refractivity contribution in [2.75, 3.05) is 14.2 Å². The van der Waals surface area contributed by atoms with E-state index in [0.717, 1.165) is 33.8 Å². The van der Waals surface area contributed by atoms with Gasteiger partial charge < -0.3 is 14.2 Å². The molecule has 2 saturated carbocycles. The van der Waals surface area contributed by atoms with Crippen LogP contribution >= 0.6 is 0 Å². The van der Waals surface area contributed by atoms with Crippen LogP contribution in [0.4, 0.5) is 0 Å². The van der Waals surface area contributed by atoms with Crippen molar-refractivity contribution in [1.29, 1.82) is 0 Å². The summed E-state index contributed by atoms with van der Waals surface area (Å²) in [4.78, 5) is 18.1. The smallest absolute Gasteiger partial charge is 0.173 e. The first-order valence-corrected chi connectivity index (χ1v) is 18.3. The lowest BCUT2D eigenvalue weighted by Crippen LogP contribution is -2.54. The summed E-state index contributed by atoms with van der Waals surface area (Å²) in [5.41, 5.74) is 6.00. The normalized spacial score (nSPS) is 23.9. The number of ketones is 1. The second-order valence-electron chi connectivity index (χ2n) is 14.3. The number of benzene rings is 4. The third kappa shape index (κ3) is 5.61. The van der Waals surface area contributed by atoms with Crippen LogP contribution in [0.2, 0.25) is 0 Å². The Morgan fingerprint density at radius 3 is 1.84 bits per heavy atom. The van der Waals surface area contributed by atoms with E-state index in [-0.39, 0.29) is 12.0 Å². The average Bonchev–Trinajstić information content (AvgIpc) is 3.18. The number of hydrogen-bond acceptors (Lipinski definition) is 5. The minimum Gasteiger partial charge on any atom is -0.497 e. The number of nitrogens with zero attached hydrogens (tertiary/aromatic N) is 1. The van der Waals surface area contributed by atoms with Gasteiger partial charge in [-0.1, -0.05) is 99.2 Å². The van der Waals surface area contributed by atoms with E-state index in [1.54, 1.807) is 14.2 Å². The second kappa shape index (κ2) is 13.6. The highest BCUT2D eigenvalue weighted by atomic mass is 16.5. The lowest BCUT2D eigenvalue weighted by molar-refractivity contribution is -0.179. The molecular weight excluding hydrogens is 606 g/mol. The molecule has 5 nitrogen and oxygen atoms in total. The fourth-order valence-electron chi connectivity index (χ4n) is 9.29. The van der Waals surface area contributed by atoms with Crippen LogP contribution in [0, 0.1) is 0 Å². The highest BCUT2D eigenvalue weighted by molar-refractivity contribution is 6.08. The molecule has 3 aliphatic carbocycles. The highest BCUT2D eigenvalue weighted by Gasteiger charge is 2.57. The van der Waals surface area contributed by atoms with Crippen molar-refractivity contribution in [3.8, 4) is 11.5 Å². The lowest BCUT2D eigenvalue weighted by Gasteiger charge is -2.55. The molecule has 5 heteroatoms. The quantitative estimate of drug-likeness (QED) is 0.177. The van der Waals surface area contributed by atoms with Crippen molar-refractivity contribution in [3.63, 3.8) is 0 Å². The molecule has 1 aliphatic heterocycles. The molecule has 4 aliphatic rings. The standard InChI is InChI=1S/C44H47NO4/c1-47-35-25-21-30(22-26-35)42(46)41-37-18-10-9-13-31(37)29-40-38-19-11-12-20-39(38)43(49-44(40,41)32-23-27-36(48-2)28-24-32)45(33-14-5-3-6-15-33)34-16-7-4-8-17-34/h9-13,18-29,33-34,41,43H,3-8,14-17H2,1-2H3/t41-,43+,44-/m0/s1. The summed E-state index contributed by atoms with van der Waals surface area (Å²) in [7, 11) is 3.35. The molecule has 252 valence electrons. The Labute approximate surface area is 290 Å². The molecule has 3 atom stereocenters. The molecule has 4 aromatic rings. The van der Waals surface area contributed by atoms with Crippen molar-refractivity contribution >= 4 is 17.4 Å². The molecular formula is C44H47NO4. The minimum absolute atomic E-state index is 0.0385. The minimum atomic E-state index is -1.09. The number of carbonyl (C=O) groups excluding carboxylic acids is 1. The van der Waals surface area contributed by atoms with Gasteiger partial charge in [-0.15, -0.1) is 0 Å². The van der Waals surface area contributed by atoms with Crippen LogP contribution in [-0.2, 0) is 10.3 Å². The van der Waals surface area contributed by atoms with Crippen LogP contribution < -0.4 is 9.47 Å². The molecule has 0 spiro atoms. The fraction of sp³-hybridized carbons (Fsp3) is 0.386. The summed E-state index contributed by atoms with van der Waals surface area (Å²) in [6.07, 6.45) is 14.4. The average molecular weight is 654 g/mol. The first-order valence-electron chi connectivity index (χ1n) is 18.3. The van der Waals surface area contributed by atoms with Crippen LogP contribution in [0.1, 0.15) is 115 Å². The predicted octanol–water partition coefficient (Wildman–Crippen LogP) is 10.1. The number of ether oxygens (including phenoxy) is 3. The molecule has 0 saturated heterocycles. The van der Waals surface area contributed by atoms with Crippen LogP contribution in [0.15, 0.2) is 97.1 Å². The Morgan fingerprint density at radius 1 is 0.673 bits per heavy atom. The van der Waals surface area contributed by atoms with E-state index in [4.69, 9.17) is 14.2 Å². The number of hydrogen-bond donors (Lipinski definition) is 0. The first kappa shape index (κ1) is 32.0. The van der Waals surface area contributed by atoms with Gasteiger partial charge in [-0.25, -0.2) is 0 Å². The van der Waals surface area contributed by atoms with E-state index < -0.39 is 11.5 Å². The summed E-state index contributed by atoms with van der Waals surface area (Å²) in [5, 5.41) is 0. The van der Waals surface area contributed by atoms with E-state index in [1.165, 1.54) is 75.3 Å². The Hall–Kier alpha value is -4.19. The van der Waals surface area contributed by atoms with Crippen molar-refractivity contribution < 1.29 is 19.0 Å². The number of rotatable bonds is 8. The van der Waals surface area contributed by atoms with Crippen LogP contribution in [0.3, 0.4) is 0 Å². The van der Waals surface area contributed by atoms with Crippen molar-refractivity contribution in [3.05, 3.63) is 130 Å². The van der Waals surface area contributed by atoms with Gasteiger partial charge in [0.25, 0.3) is 0 Å². The molecule has 49 heavy (non-hydrogen) atoms. The summed E-state index contributed by atoms with van der Waals surface area (Å²) in [6, 6.07) is 33.9. The molecule has 4 aromatic carbocycles. The third-order valence-electron chi connectivity index (χ3n) is 11.6. The summed E-state index contributed by atoms with van der Waals surface area (Å²) in [5.74, 6) is 0.917. The Balaban J connectivity index is 1.39. The topological polar surface area (TPSA) is 48.0 Å². The van der Waals surface area contributed by atoms with E-state index >= 15 is 4.79 Å². The summed E-state index contributed by atoms with van der Waals surface area (Å²) in [6.45, 7) is 0. The van der Waals surface area contributed by atoms with Gasteiger partial charge in [0.05, 0.1) is 20.1 Å². The molecule has 0 radical (unpaired) electrons. The van der Waals surface area contributed by atoms with E-state index in [9.17, 15) is 0 Å². The molecule has 1 heterocycles. The maximum atomic E-state index is 15.3. The lowest BCUT2D eigenvalue weighted by atomic mass is 9.62. The number of carbonyl (C=O) groups is 1. The van der Waals surface area contributed by atoms with Crippen LogP contribution in [-0.4, -0.2) is 37.0 Å². The van der Waals surface area contributed by atoms with Gasteiger partial charge in [0.1, 0.15) is 23.3 Å². The Kier molecular flexibility index (Phi) is 8.90. The molecule has 8 rings (SSSR count). The van der Waals surface area contributed by atoms with Crippen molar-refractivity contribution in [2.24, 2.45) is 0 Å². The maximum Gasteiger partial charge on any atom is 0.173 e. The predicted molar refractivity (Wildman–Crippen MR) is 195 cm³/mol. The van der Waals surface area contributed by atoms with Crippen LogP contribution in [0.5, 0.6) is 11.5 Å². The monoisotopic (exact) mass is 653 g/mol. The van der Waals surface area contributed by atoms with E-state index in [1.807, 2.05) is 36.4 Å². The van der Waals surface area contributed by atoms with E-state index in [0.29, 0.717) is 17.6 Å². The largest absolute Gasteiger partial charge is 0.497 e. The molecule has 0 amide bonds. The maximum absolute atomic E-state index is 15.3. The van der Waals surface area contributed by atoms with Gasteiger partial charge in [0, 0.05) is 23.2 Å². The van der Waals surface area contributed by atoms with Gasteiger partial charge >= 0.3 is 0 Å². The molecule has 0 unspecified atom stereocenters. The first-order chi connectivity index (χ1) is 24.1. The van der Waals surface area contributed by atoms with Gasteiger partial charge in [-0.3, -0.25) is 9.69 Å². The molecule has 0 N–H and O–H groups in total. The highest BCUT2D eigenvalue weighted by Crippen LogP contribution is 2.61. The zero-order chi connectivity index (χ0) is 33.4. The third-order valence-corrected chi connectivity index (χ3v) is 11.6. The van der Waals surface area contributed by atoms with Crippen molar-refractivity contribution in [1.82, 2.24) is 4.90 Å². The molecule has 0 bridgehead atoms. The number of fused-ring (bicyclic) bond motifs is 4. The Morgan fingerprint density at radius 2 is 1.22 bits per heavy atom. The van der Waals surface area contributed by atoms with Gasteiger partial charge in [-0.2, -0.15) is 0 Å². The number of methoxy groups -OCH3 is 2. The zero-order valence-electron chi connectivity index (χ0n) is 28.8. The second-order valence-corrected chi connectivity index (χ2v) is 14.3. The molecule has 2 fully saturated rings. The van der Waals surface area contributed by atoms with Crippen molar-refractivity contribution in [2.45, 2.75) is 94.0 Å². The zero-order valence-corrected chi connectivity index (χ0v) is 28.8. The van der Waals surface area contributed by atoms with Gasteiger partial charge in [0.2, 0.25) is 0 Å². The Bertz CT molecular complexity index is 1800. The summed E-state index contributed by atoms with van der Waals surface area (Å²) < 4.78 is 19.1. The van der Waals surface area contributed by atoms with E-state index in [2.05, 4.69) is 71.6 Å². The van der Waals surface area contributed by atoms with Gasteiger partial charge in [-0.05, 0) is 96.0 Å². The fourth-order valence-corrected chi connectivity index (χ4v) is 9.29. The van der Waals surface area contributed by atoms with Crippen LogP contribution in [0.25, 0.3) is 11.6 Å². The summed E-state index contributed by atoms with van der Waals surface area (Å²) >= 11 is 0. The van der Waals surface area contributed by atoms with Gasteiger partial charge in [0.15, 0.2) is 5.78 Å². The SMILES string of the molecule is COc1ccc(C(=O)[C@@H]2c3ccccc3C=C3c4ccccc4[C@H](N(C4CCCCC4)C4CCCCC4)O[C@@]32c2ccc(OC)cc2)cc1. The molecule has 0 aromatic heterocycles. The number of Topliss-reactive ketones (excluding diaryl/α,β-unsaturated/α-hetero) is 1.